The van der Waals surface area contributed by atoms with Crippen molar-refractivity contribution < 1.29 is 4.74 Å². The Bertz CT molecular complexity index is 171. The van der Waals surface area contributed by atoms with Crippen LogP contribution in [0.15, 0.2) is 0 Å². The van der Waals surface area contributed by atoms with Gasteiger partial charge in [-0.3, -0.25) is 4.90 Å². The van der Waals surface area contributed by atoms with Crippen LogP contribution in [0.4, 0.5) is 0 Å². The van der Waals surface area contributed by atoms with Crippen LogP contribution >= 0.6 is 11.8 Å². The van der Waals surface area contributed by atoms with E-state index in [0.29, 0.717) is 6.10 Å². The summed E-state index contributed by atoms with van der Waals surface area (Å²) in [6, 6.07) is 0.759. The molecule has 0 radical (unpaired) electrons. The lowest BCUT2D eigenvalue weighted by Crippen LogP contribution is -2.39. The van der Waals surface area contributed by atoms with E-state index in [0.717, 1.165) is 12.6 Å². The molecule has 0 saturated carbocycles. The zero-order chi connectivity index (χ0) is 9.80. The van der Waals surface area contributed by atoms with Gasteiger partial charge in [-0.2, -0.15) is 11.8 Å². The van der Waals surface area contributed by atoms with Gasteiger partial charge in [0.05, 0.1) is 6.10 Å². The zero-order valence-electron chi connectivity index (χ0n) is 9.08. The standard InChI is InChI=1S/C11H21NOS/c1-10-4-7-14-8-5-12(10)9-11-3-2-6-13-11/h10-11H,2-9H2,1H3/t10-,11+/m0/s1. The van der Waals surface area contributed by atoms with Gasteiger partial charge in [0.25, 0.3) is 0 Å². The fraction of sp³-hybridized carbons (Fsp3) is 1.00. The Morgan fingerprint density at radius 3 is 3.07 bits per heavy atom. The molecule has 0 spiro atoms. The van der Waals surface area contributed by atoms with Crippen LogP contribution in [0, 0.1) is 0 Å². The van der Waals surface area contributed by atoms with Gasteiger partial charge in [0, 0.05) is 31.5 Å². The molecule has 2 heterocycles. The first-order valence-corrected chi connectivity index (χ1v) is 6.95. The van der Waals surface area contributed by atoms with Crippen LogP contribution in [0.25, 0.3) is 0 Å². The third-order valence-corrected chi connectivity index (χ3v) is 4.28. The summed E-state index contributed by atoms with van der Waals surface area (Å²) in [5.74, 6) is 2.64. The van der Waals surface area contributed by atoms with Crippen LogP contribution in [0.5, 0.6) is 0 Å². The van der Waals surface area contributed by atoms with Gasteiger partial charge in [-0.15, -0.1) is 0 Å². The number of ether oxygens (including phenoxy) is 1. The van der Waals surface area contributed by atoms with E-state index in [1.807, 2.05) is 0 Å². The van der Waals surface area contributed by atoms with Gasteiger partial charge < -0.3 is 4.74 Å². The van der Waals surface area contributed by atoms with Gasteiger partial charge in [0.2, 0.25) is 0 Å². The Hall–Kier alpha value is 0.270. The molecule has 3 heteroatoms. The fourth-order valence-corrected chi connectivity index (χ4v) is 3.34. The van der Waals surface area contributed by atoms with Crippen molar-refractivity contribution in [2.24, 2.45) is 0 Å². The Morgan fingerprint density at radius 2 is 2.29 bits per heavy atom. The van der Waals surface area contributed by atoms with Crippen molar-refractivity contribution in [3.05, 3.63) is 0 Å². The average molecular weight is 215 g/mol. The summed E-state index contributed by atoms with van der Waals surface area (Å²) in [5, 5.41) is 0. The summed E-state index contributed by atoms with van der Waals surface area (Å²) < 4.78 is 5.70. The Balaban J connectivity index is 1.81. The third kappa shape index (κ3) is 2.88. The van der Waals surface area contributed by atoms with Crippen molar-refractivity contribution in [1.29, 1.82) is 0 Å². The first-order valence-electron chi connectivity index (χ1n) is 5.79. The van der Waals surface area contributed by atoms with Crippen LogP contribution in [0.1, 0.15) is 26.2 Å². The van der Waals surface area contributed by atoms with Crippen molar-refractivity contribution in [2.45, 2.75) is 38.3 Å². The van der Waals surface area contributed by atoms with Gasteiger partial charge in [-0.25, -0.2) is 0 Å². The van der Waals surface area contributed by atoms with Crippen molar-refractivity contribution in [3.8, 4) is 0 Å². The summed E-state index contributed by atoms with van der Waals surface area (Å²) in [6.07, 6.45) is 4.41. The molecule has 2 rings (SSSR count). The highest BCUT2D eigenvalue weighted by atomic mass is 32.2. The van der Waals surface area contributed by atoms with E-state index in [1.165, 1.54) is 43.9 Å². The molecule has 14 heavy (non-hydrogen) atoms. The molecular weight excluding hydrogens is 194 g/mol. The van der Waals surface area contributed by atoms with Crippen molar-refractivity contribution in [3.63, 3.8) is 0 Å². The van der Waals surface area contributed by atoms with Gasteiger partial charge in [0.15, 0.2) is 0 Å². The van der Waals surface area contributed by atoms with Gasteiger partial charge in [0.1, 0.15) is 0 Å². The monoisotopic (exact) mass is 215 g/mol. The summed E-state index contributed by atoms with van der Waals surface area (Å²) >= 11 is 2.10. The molecule has 2 aliphatic heterocycles. The second-order valence-electron chi connectivity index (χ2n) is 4.38. The molecule has 2 saturated heterocycles. The van der Waals surface area contributed by atoms with Crippen LogP contribution in [0.2, 0.25) is 0 Å². The Kier molecular flexibility index (Phi) is 4.14. The summed E-state index contributed by atoms with van der Waals surface area (Å²) in [5.41, 5.74) is 0. The lowest BCUT2D eigenvalue weighted by Gasteiger charge is -2.28. The molecule has 0 unspecified atom stereocenters. The van der Waals surface area contributed by atoms with E-state index in [4.69, 9.17) is 4.74 Å². The summed E-state index contributed by atoms with van der Waals surface area (Å²) in [4.78, 5) is 2.62. The normalized spacial score (nSPS) is 35.8. The molecule has 2 nitrogen and oxygen atoms in total. The first kappa shape index (κ1) is 10.8. The summed E-state index contributed by atoms with van der Waals surface area (Å²) in [7, 11) is 0. The molecule has 0 aromatic carbocycles. The van der Waals surface area contributed by atoms with Gasteiger partial charge in [-0.1, -0.05) is 0 Å². The molecule has 0 aliphatic carbocycles. The lowest BCUT2D eigenvalue weighted by molar-refractivity contribution is 0.0626. The number of nitrogens with zero attached hydrogens (tertiary/aromatic N) is 1. The lowest BCUT2D eigenvalue weighted by atomic mass is 10.1. The maximum Gasteiger partial charge on any atom is 0.0702 e. The van der Waals surface area contributed by atoms with E-state index >= 15 is 0 Å². The number of thioether (sulfide) groups is 1. The molecule has 0 N–H and O–H groups in total. The molecule has 0 bridgehead atoms. The van der Waals surface area contributed by atoms with E-state index in [1.54, 1.807) is 0 Å². The van der Waals surface area contributed by atoms with E-state index in [-0.39, 0.29) is 0 Å². The predicted octanol–water partition coefficient (Wildman–Crippen LogP) is 1.99. The molecule has 2 atom stereocenters. The topological polar surface area (TPSA) is 12.5 Å². The maximum atomic E-state index is 5.70. The second-order valence-corrected chi connectivity index (χ2v) is 5.60. The van der Waals surface area contributed by atoms with Gasteiger partial charge >= 0.3 is 0 Å². The SMILES string of the molecule is C[C@H]1CCSCCN1C[C@H]1CCCO1. The molecule has 2 fully saturated rings. The van der Waals surface area contributed by atoms with Crippen molar-refractivity contribution >= 4 is 11.8 Å². The Labute approximate surface area is 91.4 Å². The number of rotatable bonds is 2. The van der Waals surface area contributed by atoms with E-state index < -0.39 is 0 Å². The number of hydrogen-bond acceptors (Lipinski definition) is 3. The quantitative estimate of drug-likeness (QED) is 0.699. The van der Waals surface area contributed by atoms with E-state index in [9.17, 15) is 0 Å². The number of hydrogen-bond donors (Lipinski definition) is 0. The molecule has 0 aromatic heterocycles. The molecule has 0 aromatic rings. The zero-order valence-corrected chi connectivity index (χ0v) is 9.89. The van der Waals surface area contributed by atoms with E-state index in [2.05, 4.69) is 23.6 Å². The van der Waals surface area contributed by atoms with Crippen LogP contribution in [-0.2, 0) is 4.74 Å². The van der Waals surface area contributed by atoms with Crippen molar-refractivity contribution in [2.75, 3.05) is 31.2 Å². The molecule has 82 valence electrons. The van der Waals surface area contributed by atoms with Crippen LogP contribution < -0.4 is 0 Å². The molecular formula is C11H21NOS. The average Bonchev–Trinajstić information content (AvgIpc) is 2.60. The highest BCUT2D eigenvalue weighted by Crippen LogP contribution is 2.19. The first-order chi connectivity index (χ1) is 6.86. The second kappa shape index (κ2) is 5.38. The maximum absolute atomic E-state index is 5.70. The highest BCUT2D eigenvalue weighted by Gasteiger charge is 2.23. The Morgan fingerprint density at radius 1 is 1.36 bits per heavy atom. The van der Waals surface area contributed by atoms with Crippen molar-refractivity contribution in [1.82, 2.24) is 4.90 Å². The van der Waals surface area contributed by atoms with Crippen LogP contribution in [0.3, 0.4) is 0 Å². The minimum Gasteiger partial charge on any atom is -0.377 e. The van der Waals surface area contributed by atoms with Gasteiger partial charge in [-0.05, 0) is 31.9 Å². The largest absolute Gasteiger partial charge is 0.377 e. The predicted molar refractivity (Wildman–Crippen MR) is 62.0 cm³/mol. The molecule has 0 amide bonds. The minimum absolute atomic E-state index is 0.528. The summed E-state index contributed by atoms with van der Waals surface area (Å²) in [6.45, 7) is 5.77. The minimum atomic E-state index is 0.528. The highest BCUT2D eigenvalue weighted by molar-refractivity contribution is 7.99. The van der Waals surface area contributed by atoms with Crippen LogP contribution in [-0.4, -0.2) is 48.2 Å². The third-order valence-electron chi connectivity index (χ3n) is 3.29. The molecule has 2 aliphatic rings. The smallest absolute Gasteiger partial charge is 0.0702 e. The fourth-order valence-electron chi connectivity index (χ4n) is 2.26.